The molecule has 8 heteroatoms. The van der Waals surface area contributed by atoms with Crippen LogP contribution in [0.2, 0.25) is 0 Å². The number of ether oxygens (including phenoxy) is 3. The molecule has 1 aliphatic rings. The molecule has 0 fully saturated rings. The molecule has 0 radical (unpaired) electrons. The Bertz CT molecular complexity index is 1130. The molecule has 1 aromatic heterocycles. The third kappa shape index (κ3) is 3.08. The number of fused-ring (bicyclic) bond motifs is 2. The molecule has 0 unspecified atom stereocenters. The molecule has 0 saturated carbocycles. The van der Waals surface area contributed by atoms with Gasteiger partial charge in [-0.15, -0.1) is 0 Å². The minimum absolute atomic E-state index is 0.152. The van der Waals surface area contributed by atoms with Crippen molar-refractivity contribution in [3.05, 3.63) is 52.3 Å². The van der Waals surface area contributed by atoms with Crippen LogP contribution in [0, 0.1) is 0 Å². The maximum atomic E-state index is 12.6. The predicted molar refractivity (Wildman–Crippen MR) is 99.3 cm³/mol. The van der Waals surface area contributed by atoms with Gasteiger partial charge in [-0.1, -0.05) is 11.3 Å². The van der Waals surface area contributed by atoms with E-state index in [1.54, 1.807) is 30.3 Å². The van der Waals surface area contributed by atoms with Crippen molar-refractivity contribution in [2.75, 3.05) is 13.9 Å². The number of thiazole rings is 1. The van der Waals surface area contributed by atoms with Gasteiger partial charge in [-0.3, -0.25) is 4.79 Å². The average Bonchev–Trinajstić information content (AvgIpc) is 3.29. The first-order valence-electron chi connectivity index (χ1n) is 8.31. The van der Waals surface area contributed by atoms with Crippen molar-refractivity contribution in [2.45, 2.75) is 13.5 Å². The highest BCUT2D eigenvalue weighted by Gasteiger charge is 2.17. The molecule has 2 heterocycles. The number of carbonyl (C=O) groups excluding carboxylic acids is 2. The Morgan fingerprint density at radius 2 is 1.93 bits per heavy atom. The van der Waals surface area contributed by atoms with E-state index < -0.39 is 5.97 Å². The van der Waals surface area contributed by atoms with Crippen LogP contribution in [0.4, 0.5) is 0 Å². The van der Waals surface area contributed by atoms with Crippen LogP contribution in [0.15, 0.2) is 41.4 Å². The normalized spacial score (nSPS) is 13.2. The zero-order chi connectivity index (χ0) is 19.0. The molecule has 27 heavy (non-hydrogen) atoms. The van der Waals surface area contributed by atoms with Crippen LogP contribution in [0.3, 0.4) is 0 Å². The van der Waals surface area contributed by atoms with E-state index in [-0.39, 0.29) is 12.7 Å². The summed E-state index contributed by atoms with van der Waals surface area (Å²) in [6, 6.07) is 10.3. The second-order valence-electron chi connectivity index (χ2n) is 5.79. The number of methoxy groups -OCH3 is 1. The third-order valence-electron chi connectivity index (χ3n) is 4.24. The number of esters is 1. The van der Waals surface area contributed by atoms with Crippen LogP contribution in [0.1, 0.15) is 27.6 Å². The number of hydrogen-bond acceptors (Lipinski definition) is 6. The summed E-state index contributed by atoms with van der Waals surface area (Å²) < 4.78 is 18.1. The van der Waals surface area contributed by atoms with E-state index in [0.717, 1.165) is 10.2 Å². The molecule has 3 aromatic rings. The molecule has 2 aromatic carbocycles. The van der Waals surface area contributed by atoms with Gasteiger partial charge in [0.05, 0.1) is 22.9 Å². The van der Waals surface area contributed by atoms with Gasteiger partial charge in [0.25, 0.3) is 5.91 Å². The summed E-state index contributed by atoms with van der Waals surface area (Å²) in [5.74, 6) is 0.393. The zero-order valence-corrected chi connectivity index (χ0v) is 15.5. The molecule has 0 spiro atoms. The Morgan fingerprint density at radius 1 is 1.15 bits per heavy atom. The van der Waals surface area contributed by atoms with Crippen molar-refractivity contribution in [1.82, 2.24) is 4.57 Å². The second kappa shape index (κ2) is 6.88. The van der Waals surface area contributed by atoms with Crippen molar-refractivity contribution in [3.8, 4) is 11.5 Å². The Kier molecular flexibility index (Phi) is 4.41. The summed E-state index contributed by atoms with van der Waals surface area (Å²) in [6.07, 6.45) is 0. The van der Waals surface area contributed by atoms with Gasteiger partial charge in [0.15, 0.2) is 16.3 Å². The molecule has 1 amide bonds. The van der Waals surface area contributed by atoms with Crippen LogP contribution in [-0.4, -0.2) is 30.3 Å². The smallest absolute Gasteiger partial charge is 0.337 e. The van der Waals surface area contributed by atoms with Crippen molar-refractivity contribution in [3.63, 3.8) is 0 Å². The molecule has 0 aliphatic carbocycles. The van der Waals surface area contributed by atoms with Crippen molar-refractivity contribution < 1.29 is 23.8 Å². The second-order valence-corrected chi connectivity index (χ2v) is 6.80. The lowest BCUT2D eigenvalue weighted by Gasteiger charge is -2.02. The quantitative estimate of drug-likeness (QED) is 0.649. The molecular formula is C19H16N2O5S. The van der Waals surface area contributed by atoms with Gasteiger partial charge >= 0.3 is 5.97 Å². The summed E-state index contributed by atoms with van der Waals surface area (Å²) in [5, 5.41) is 0. The minimum atomic E-state index is -0.400. The largest absolute Gasteiger partial charge is 0.465 e. The topological polar surface area (TPSA) is 79.1 Å². The zero-order valence-electron chi connectivity index (χ0n) is 14.7. The van der Waals surface area contributed by atoms with Crippen LogP contribution in [0.5, 0.6) is 11.5 Å². The number of aryl methyl sites for hydroxylation is 1. The summed E-state index contributed by atoms with van der Waals surface area (Å²) >= 11 is 1.35. The van der Waals surface area contributed by atoms with Crippen molar-refractivity contribution in [2.24, 2.45) is 4.99 Å². The Labute approximate surface area is 158 Å². The lowest BCUT2D eigenvalue weighted by molar-refractivity contribution is 0.0600. The van der Waals surface area contributed by atoms with E-state index in [1.165, 1.54) is 18.4 Å². The minimum Gasteiger partial charge on any atom is -0.465 e. The Balaban J connectivity index is 1.77. The number of nitrogens with zero attached hydrogens (tertiary/aromatic N) is 2. The van der Waals surface area contributed by atoms with Crippen LogP contribution < -0.4 is 14.3 Å². The first-order chi connectivity index (χ1) is 13.1. The number of carbonyl (C=O) groups is 2. The van der Waals surface area contributed by atoms with E-state index in [1.807, 2.05) is 17.6 Å². The van der Waals surface area contributed by atoms with Gasteiger partial charge in [0.1, 0.15) is 0 Å². The Hall–Kier alpha value is -3.13. The van der Waals surface area contributed by atoms with Gasteiger partial charge in [-0.05, 0) is 43.3 Å². The molecule has 7 nitrogen and oxygen atoms in total. The highest BCUT2D eigenvalue weighted by atomic mass is 32.1. The van der Waals surface area contributed by atoms with Gasteiger partial charge < -0.3 is 18.8 Å². The molecule has 0 N–H and O–H groups in total. The Morgan fingerprint density at radius 3 is 2.70 bits per heavy atom. The van der Waals surface area contributed by atoms with Crippen LogP contribution in [0.25, 0.3) is 10.2 Å². The van der Waals surface area contributed by atoms with Crippen molar-refractivity contribution in [1.29, 1.82) is 0 Å². The van der Waals surface area contributed by atoms with Gasteiger partial charge in [0, 0.05) is 12.1 Å². The van der Waals surface area contributed by atoms with Gasteiger partial charge in [0.2, 0.25) is 6.79 Å². The lowest BCUT2D eigenvalue weighted by atomic mass is 10.2. The molecule has 4 rings (SSSR count). The number of benzene rings is 2. The van der Waals surface area contributed by atoms with E-state index in [2.05, 4.69) is 4.99 Å². The number of amides is 1. The highest BCUT2D eigenvalue weighted by Crippen LogP contribution is 2.32. The molecule has 0 atom stereocenters. The number of hydrogen-bond donors (Lipinski definition) is 0. The summed E-state index contributed by atoms with van der Waals surface area (Å²) in [6.45, 7) is 2.77. The molecule has 0 bridgehead atoms. The average molecular weight is 384 g/mol. The van der Waals surface area contributed by atoms with E-state index in [9.17, 15) is 9.59 Å². The number of rotatable bonds is 3. The van der Waals surface area contributed by atoms with Gasteiger partial charge in [-0.2, -0.15) is 4.99 Å². The fourth-order valence-corrected chi connectivity index (χ4v) is 4.02. The summed E-state index contributed by atoms with van der Waals surface area (Å²) in [5.41, 5.74) is 1.80. The SMILES string of the molecule is CCn1c(=NC(=O)c2ccc3c(c2)OCO3)sc2cc(C(=O)OC)ccc21. The van der Waals surface area contributed by atoms with Crippen LogP contribution in [-0.2, 0) is 11.3 Å². The fraction of sp³-hybridized carbons (Fsp3) is 0.211. The molecular weight excluding hydrogens is 368 g/mol. The highest BCUT2D eigenvalue weighted by molar-refractivity contribution is 7.16. The maximum absolute atomic E-state index is 12.6. The van der Waals surface area contributed by atoms with Crippen molar-refractivity contribution >= 4 is 33.4 Å². The van der Waals surface area contributed by atoms with Crippen LogP contribution >= 0.6 is 11.3 Å². The van der Waals surface area contributed by atoms with E-state index >= 15 is 0 Å². The molecule has 138 valence electrons. The summed E-state index contributed by atoms with van der Waals surface area (Å²) in [4.78, 5) is 29.2. The maximum Gasteiger partial charge on any atom is 0.337 e. The van der Waals surface area contributed by atoms with Gasteiger partial charge in [-0.25, -0.2) is 4.79 Å². The lowest BCUT2D eigenvalue weighted by Crippen LogP contribution is -2.15. The van der Waals surface area contributed by atoms with E-state index in [4.69, 9.17) is 14.2 Å². The fourth-order valence-electron chi connectivity index (χ4n) is 2.89. The molecule has 0 saturated heterocycles. The standard InChI is InChI=1S/C19H16N2O5S/c1-3-21-13-6-4-12(18(23)24-2)9-16(13)27-19(21)20-17(22)11-5-7-14-15(8-11)26-10-25-14/h4-9H,3,10H2,1-2H3. The van der Waals surface area contributed by atoms with E-state index in [0.29, 0.717) is 34.0 Å². The monoisotopic (exact) mass is 384 g/mol. The molecule has 1 aliphatic heterocycles. The summed E-state index contributed by atoms with van der Waals surface area (Å²) in [7, 11) is 1.35. The first-order valence-corrected chi connectivity index (χ1v) is 9.12. The third-order valence-corrected chi connectivity index (χ3v) is 5.28. The number of aromatic nitrogens is 1. The predicted octanol–water partition coefficient (Wildman–Crippen LogP) is 2.98. The first kappa shape index (κ1) is 17.3.